The standard InChI is InChI=1S/C13H20N4O/c1-8(2)11-10(14)12(16-15-11)13(18)17-6-4-9(3)5-7-17/h4,8H,5-7,14H2,1-3H3,(H,15,16). The third-order valence-corrected chi connectivity index (χ3v) is 3.34. The predicted octanol–water partition coefficient (Wildman–Crippen LogP) is 1.91. The maximum absolute atomic E-state index is 12.3. The highest BCUT2D eigenvalue weighted by atomic mass is 16.2. The number of aromatic amines is 1. The molecule has 0 saturated carbocycles. The van der Waals surface area contributed by atoms with Crippen LogP contribution in [0.5, 0.6) is 0 Å². The highest BCUT2D eigenvalue weighted by Gasteiger charge is 2.24. The Hall–Kier alpha value is -1.78. The van der Waals surface area contributed by atoms with Gasteiger partial charge in [0.1, 0.15) is 0 Å². The molecule has 2 rings (SSSR count). The molecule has 0 aliphatic carbocycles. The van der Waals surface area contributed by atoms with Crippen molar-refractivity contribution in [1.29, 1.82) is 0 Å². The Morgan fingerprint density at radius 2 is 2.28 bits per heavy atom. The second kappa shape index (κ2) is 4.84. The van der Waals surface area contributed by atoms with Crippen LogP contribution >= 0.6 is 0 Å². The monoisotopic (exact) mass is 248 g/mol. The second-order valence-electron chi connectivity index (χ2n) is 5.11. The zero-order valence-corrected chi connectivity index (χ0v) is 11.2. The van der Waals surface area contributed by atoms with Gasteiger partial charge in [-0.2, -0.15) is 5.10 Å². The fraction of sp³-hybridized carbons (Fsp3) is 0.538. The van der Waals surface area contributed by atoms with Crippen LogP contribution in [-0.2, 0) is 0 Å². The zero-order chi connectivity index (χ0) is 13.3. The van der Waals surface area contributed by atoms with Crippen LogP contribution in [0.2, 0.25) is 0 Å². The van der Waals surface area contributed by atoms with E-state index in [2.05, 4.69) is 23.2 Å². The lowest BCUT2D eigenvalue weighted by Crippen LogP contribution is -2.35. The topological polar surface area (TPSA) is 75.0 Å². The molecule has 0 spiro atoms. The van der Waals surface area contributed by atoms with E-state index in [0.717, 1.165) is 18.7 Å². The van der Waals surface area contributed by atoms with Gasteiger partial charge < -0.3 is 10.6 Å². The normalized spacial score (nSPS) is 16.0. The van der Waals surface area contributed by atoms with E-state index < -0.39 is 0 Å². The van der Waals surface area contributed by atoms with Crippen molar-refractivity contribution in [2.75, 3.05) is 18.8 Å². The number of amides is 1. The van der Waals surface area contributed by atoms with E-state index in [-0.39, 0.29) is 11.8 Å². The summed E-state index contributed by atoms with van der Waals surface area (Å²) in [5, 5.41) is 6.93. The van der Waals surface area contributed by atoms with Crippen molar-refractivity contribution in [1.82, 2.24) is 15.1 Å². The van der Waals surface area contributed by atoms with Gasteiger partial charge in [-0.15, -0.1) is 0 Å². The second-order valence-corrected chi connectivity index (χ2v) is 5.11. The predicted molar refractivity (Wildman–Crippen MR) is 71.4 cm³/mol. The highest BCUT2D eigenvalue weighted by molar-refractivity contribution is 5.97. The number of H-pyrrole nitrogens is 1. The average Bonchev–Trinajstić information content (AvgIpc) is 2.71. The number of aromatic nitrogens is 2. The minimum atomic E-state index is -0.0839. The van der Waals surface area contributed by atoms with Crippen LogP contribution in [0.15, 0.2) is 11.6 Å². The number of nitrogens with two attached hydrogens (primary N) is 1. The maximum atomic E-state index is 12.3. The minimum absolute atomic E-state index is 0.0839. The largest absolute Gasteiger partial charge is 0.395 e. The molecule has 1 aromatic heterocycles. The summed E-state index contributed by atoms with van der Waals surface area (Å²) in [6.07, 6.45) is 3.00. The molecule has 0 fully saturated rings. The van der Waals surface area contributed by atoms with Crippen molar-refractivity contribution in [2.45, 2.75) is 33.1 Å². The first kappa shape index (κ1) is 12.7. The molecule has 5 nitrogen and oxygen atoms in total. The van der Waals surface area contributed by atoms with Crippen molar-refractivity contribution < 1.29 is 4.79 Å². The van der Waals surface area contributed by atoms with Crippen molar-refractivity contribution in [3.8, 4) is 0 Å². The summed E-state index contributed by atoms with van der Waals surface area (Å²) in [4.78, 5) is 14.1. The van der Waals surface area contributed by atoms with Gasteiger partial charge in [0.15, 0.2) is 5.69 Å². The summed E-state index contributed by atoms with van der Waals surface area (Å²) in [5.74, 6) is 0.155. The quantitative estimate of drug-likeness (QED) is 0.785. The summed E-state index contributed by atoms with van der Waals surface area (Å²) in [7, 11) is 0. The Balaban J connectivity index is 2.19. The van der Waals surface area contributed by atoms with Crippen LogP contribution in [0.4, 0.5) is 5.69 Å². The van der Waals surface area contributed by atoms with Crippen molar-refractivity contribution in [2.24, 2.45) is 0 Å². The van der Waals surface area contributed by atoms with Crippen molar-refractivity contribution in [3.05, 3.63) is 23.0 Å². The number of anilines is 1. The summed E-state index contributed by atoms with van der Waals surface area (Å²) < 4.78 is 0. The molecule has 0 radical (unpaired) electrons. The lowest BCUT2D eigenvalue weighted by Gasteiger charge is -2.24. The molecule has 0 aromatic carbocycles. The lowest BCUT2D eigenvalue weighted by atomic mass is 10.1. The van der Waals surface area contributed by atoms with E-state index in [1.807, 2.05) is 13.8 Å². The van der Waals surface area contributed by atoms with Gasteiger partial charge in [0.2, 0.25) is 0 Å². The Morgan fingerprint density at radius 3 is 2.78 bits per heavy atom. The molecular formula is C13H20N4O. The Labute approximate surface area is 107 Å². The molecule has 1 aliphatic heterocycles. The van der Waals surface area contributed by atoms with Crippen molar-refractivity contribution in [3.63, 3.8) is 0 Å². The van der Waals surface area contributed by atoms with E-state index in [1.54, 1.807) is 4.90 Å². The molecule has 0 atom stereocenters. The number of nitrogens with zero attached hydrogens (tertiary/aromatic N) is 2. The molecule has 1 amide bonds. The number of nitrogens with one attached hydrogen (secondary N) is 1. The molecule has 18 heavy (non-hydrogen) atoms. The van der Waals surface area contributed by atoms with Gasteiger partial charge in [0.05, 0.1) is 11.4 Å². The van der Waals surface area contributed by atoms with E-state index in [9.17, 15) is 4.79 Å². The Bertz CT molecular complexity index is 487. The van der Waals surface area contributed by atoms with Crippen LogP contribution in [0.3, 0.4) is 0 Å². The van der Waals surface area contributed by atoms with E-state index in [0.29, 0.717) is 17.9 Å². The maximum Gasteiger partial charge on any atom is 0.276 e. The van der Waals surface area contributed by atoms with E-state index >= 15 is 0 Å². The fourth-order valence-corrected chi connectivity index (χ4v) is 2.07. The molecule has 0 saturated heterocycles. The Morgan fingerprint density at radius 1 is 1.56 bits per heavy atom. The first-order valence-corrected chi connectivity index (χ1v) is 6.29. The first-order chi connectivity index (χ1) is 8.50. The summed E-state index contributed by atoms with van der Waals surface area (Å²) in [5.41, 5.74) is 8.99. The molecule has 2 heterocycles. The van der Waals surface area contributed by atoms with Gasteiger partial charge in [-0.3, -0.25) is 9.89 Å². The summed E-state index contributed by atoms with van der Waals surface area (Å²) in [6.45, 7) is 7.51. The van der Waals surface area contributed by atoms with Gasteiger partial charge in [-0.05, 0) is 19.3 Å². The molecule has 5 heteroatoms. The zero-order valence-electron chi connectivity index (χ0n) is 11.2. The highest BCUT2D eigenvalue weighted by Crippen LogP contribution is 2.23. The molecule has 0 unspecified atom stereocenters. The third kappa shape index (κ3) is 2.25. The molecule has 0 bridgehead atoms. The summed E-state index contributed by atoms with van der Waals surface area (Å²) >= 11 is 0. The smallest absolute Gasteiger partial charge is 0.276 e. The van der Waals surface area contributed by atoms with Gasteiger partial charge in [0, 0.05) is 13.1 Å². The fourth-order valence-electron chi connectivity index (χ4n) is 2.07. The minimum Gasteiger partial charge on any atom is -0.395 e. The lowest BCUT2D eigenvalue weighted by molar-refractivity contribution is 0.0764. The van der Waals surface area contributed by atoms with Crippen LogP contribution < -0.4 is 5.73 Å². The van der Waals surface area contributed by atoms with Crippen LogP contribution in [0.25, 0.3) is 0 Å². The molecule has 3 N–H and O–H groups in total. The van der Waals surface area contributed by atoms with Gasteiger partial charge in [-0.1, -0.05) is 25.5 Å². The average molecular weight is 248 g/mol. The first-order valence-electron chi connectivity index (χ1n) is 6.29. The van der Waals surface area contributed by atoms with Crippen molar-refractivity contribution >= 4 is 11.6 Å². The van der Waals surface area contributed by atoms with Gasteiger partial charge in [-0.25, -0.2) is 0 Å². The van der Waals surface area contributed by atoms with Crippen LogP contribution in [0, 0.1) is 0 Å². The molecule has 98 valence electrons. The number of hydrogen-bond acceptors (Lipinski definition) is 3. The molecule has 1 aliphatic rings. The van der Waals surface area contributed by atoms with Gasteiger partial charge >= 0.3 is 0 Å². The number of rotatable bonds is 2. The SMILES string of the molecule is CC1=CCN(C(=O)c2n[nH]c(C(C)C)c2N)CC1. The number of carbonyl (C=O) groups excluding carboxylic acids is 1. The van der Waals surface area contributed by atoms with Crippen LogP contribution in [0.1, 0.15) is 49.3 Å². The van der Waals surface area contributed by atoms with Gasteiger partial charge in [0.25, 0.3) is 5.91 Å². The van der Waals surface area contributed by atoms with E-state index in [1.165, 1.54) is 5.57 Å². The number of nitrogen functional groups attached to an aromatic ring is 1. The molecular weight excluding hydrogens is 228 g/mol. The van der Waals surface area contributed by atoms with Crippen LogP contribution in [-0.4, -0.2) is 34.1 Å². The molecule has 1 aromatic rings. The summed E-state index contributed by atoms with van der Waals surface area (Å²) in [6, 6.07) is 0. The number of carbonyl (C=O) groups is 1. The Kier molecular flexibility index (Phi) is 3.41. The third-order valence-electron chi connectivity index (χ3n) is 3.34. The van der Waals surface area contributed by atoms with E-state index in [4.69, 9.17) is 5.73 Å². The number of hydrogen-bond donors (Lipinski definition) is 2.